The lowest BCUT2D eigenvalue weighted by molar-refractivity contribution is -0.00518. The molecule has 4 fully saturated rings. The van der Waals surface area contributed by atoms with Gasteiger partial charge in [0.05, 0.1) is 5.56 Å². The Labute approximate surface area is 308 Å². The minimum absolute atomic E-state index is 0.352. The molecule has 4 aliphatic rings. The van der Waals surface area contributed by atoms with E-state index in [1.54, 1.807) is 6.07 Å². The number of para-hydroxylation sites is 1. The molecule has 4 aliphatic carbocycles. The van der Waals surface area contributed by atoms with Crippen molar-refractivity contribution in [3.8, 4) is 51.4 Å². The van der Waals surface area contributed by atoms with Gasteiger partial charge in [-0.3, -0.25) is 0 Å². The Morgan fingerprint density at radius 3 is 1.79 bits per heavy atom. The first-order valence-corrected chi connectivity index (χ1v) is 18.9. The Bertz CT molecular complexity index is 2740. The van der Waals surface area contributed by atoms with Gasteiger partial charge in [0.1, 0.15) is 11.7 Å². The first kappa shape index (κ1) is 30.5. The number of fused-ring (bicyclic) bond motifs is 4. The number of rotatable bonds is 5. The molecule has 0 aliphatic heterocycles. The normalized spacial score (nSPS) is 21.8. The predicted octanol–water partition coefficient (Wildman–Crippen LogP) is 11.9. The van der Waals surface area contributed by atoms with Crippen molar-refractivity contribution < 1.29 is 4.42 Å². The van der Waals surface area contributed by atoms with Crippen molar-refractivity contribution in [2.24, 2.45) is 17.8 Å². The molecule has 0 atom stereocenters. The minimum Gasteiger partial charge on any atom is -0.455 e. The maximum atomic E-state index is 9.59. The van der Waals surface area contributed by atoms with Crippen LogP contribution in [0.1, 0.15) is 49.7 Å². The average molecular weight is 685 g/mol. The van der Waals surface area contributed by atoms with Crippen LogP contribution >= 0.6 is 0 Å². The fraction of sp³-hybridized carbons (Fsp3) is 0.208. The molecule has 0 N–H and O–H groups in total. The molecule has 0 saturated heterocycles. The molecule has 6 aromatic carbocycles. The van der Waals surface area contributed by atoms with E-state index in [1.165, 1.54) is 49.5 Å². The summed E-state index contributed by atoms with van der Waals surface area (Å²) < 4.78 is 6.08. The Morgan fingerprint density at radius 2 is 1.11 bits per heavy atom. The highest BCUT2D eigenvalue weighted by Gasteiger charge is 2.51. The van der Waals surface area contributed by atoms with Gasteiger partial charge < -0.3 is 4.42 Å². The van der Waals surface area contributed by atoms with Crippen LogP contribution in [0.5, 0.6) is 0 Å². The van der Waals surface area contributed by atoms with Gasteiger partial charge >= 0.3 is 0 Å². The summed E-state index contributed by atoms with van der Waals surface area (Å²) in [5.41, 5.74) is 8.86. The van der Waals surface area contributed by atoms with Gasteiger partial charge in [0.25, 0.3) is 0 Å². The number of hydrogen-bond donors (Lipinski definition) is 0. The van der Waals surface area contributed by atoms with E-state index in [1.807, 2.05) is 18.2 Å². The van der Waals surface area contributed by atoms with Crippen LogP contribution in [0.4, 0.5) is 0 Å². The second-order valence-electron chi connectivity index (χ2n) is 15.8. The molecule has 4 bridgehead atoms. The number of nitriles is 1. The molecule has 12 rings (SSSR count). The van der Waals surface area contributed by atoms with Gasteiger partial charge in [-0.05, 0) is 113 Å². The second kappa shape index (κ2) is 11.7. The largest absolute Gasteiger partial charge is 0.455 e. The van der Waals surface area contributed by atoms with E-state index >= 15 is 0 Å². The van der Waals surface area contributed by atoms with Gasteiger partial charge in [-0.25, -0.2) is 15.0 Å². The Balaban J connectivity index is 0.974. The van der Waals surface area contributed by atoms with Gasteiger partial charge in [0.15, 0.2) is 23.1 Å². The minimum atomic E-state index is 0.352. The van der Waals surface area contributed by atoms with Crippen LogP contribution in [0.15, 0.2) is 132 Å². The fourth-order valence-electron chi connectivity index (χ4n) is 10.4. The van der Waals surface area contributed by atoms with Crippen molar-refractivity contribution in [2.75, 3.05) is 0 Å². The number of hydrogen-bond acceptors (Lipinski definition) is 5. The van der Waals surface area contributed by atoms with Gasteiger partial charge in [-0.2, -0.15) is 5.26 Å². The smallest absolute Gasteiger partial charge is 0.164 e. The highest BCUT2D eigenvalue weighted by atomic mass is 16.3. The van der Waals surface area contributed by atoms with Crippen molar-refractivity contribution in [3.05, 3.63) is 139 Å². The van der Waals surface area contributed by atoms with E-state index in [0.29, 0.717) is 34.0 Å². The van der Waals surface area contributed by atoms with Crippen LogP contribution in [0.3, 0.4) is 0 Å². The zero-order valence-corrected chi connectivity index (χ0v) is 29.3. The maximum absolute atomic E-state index is 9.59. The molecule has 0 unspecified atom stereocenters. The second-order valence-corrected chi connectivity index (χ2v) is 15.8. The molecule has 5 nitrogen and oxygen atoms in total. The first-order chi connectivity index (χ1) is 26.1. The highest BCUT2D eigenvalue weighted by Crippen LogP contribution is 2.60. The number of furan rings is 1. The molecule has 0 spiro atoms. The monoisotopic (exact) mass is 684 g/mol. The topological polar surface area (TPSA) is 75.6 Å². The molecule has 0 radical (unpaired) electrons. The van der Waals surface area contributed by atoms with Gasteiger partial charge in [-0.15, -0.1) is 0 Å². The lowest BCUT2D eigenvalue weighted by Gasteiger charge is -2.57. The number of aromatic nitrogens is 3. The van der Waals surface area contributed by atoms with E-state index in [-0.39, 0.29) is 0 Å². The van der Waals surface area contributed by atoms with E-state index in [9.17, 15) is 5.26 Å². The zero-order valence-electron chi connectivity index (χ0n) is 29.3. The van der Waals surface area contributed by atoms with E-state index in [2.05, 4.69) is 109 Å². The van der Waals surface area contributed by atoms with Gasteiger partial charge in [0.2, 0.25) is 0 Å². The van der Waals surface area contributed by atoms with Crippen LogP contribution in [0, 0.1) is 29.1 Å². The lowest BCUT2D eigenvalue weighted by Crippen LogP contribution is -2.48. The first-order valence-electron chi connectivity index (χ1n) is 18.9. The summed E-state index contributed by atoms with van der Waals surface area (Å²) in [7, 11) is 0. The quantitative estimate of drug-likeness (QED) is 0.180. The molecule has 2 aromatic heterocycles. The molecular weight excluding hydrogens is 649 g/mol. The summed E-state index contributed by atoms with van der Waals surface area (Å²) in [5.74, 6) is 4.74. The van der Waals surface area contributed by atoms with Crippen molar-refractivity contribution in [1.82, 2.24) is 15.0 Å². The molecule has 4 saturated carbocycles. The highest BCUT2D eigenvalue weighted by molar-refractivity contribution is 6.07. The predicted molar refractivity (Wildman–Crippen MR) is 211 cm³/mol. The third kappa shape index (κ3) is 5.08. The number of nitrogens with zero attached hydrogens (tertiary/aromatic N) is 4. The summed E-state index contributed by atoms with van der Waals surface area (Å²) >= 11 is 0. The molecule has 53 heavy (non-hydrogen) atoms. The third-order valence-corrected chi connectivity index (χ3v) is 12.5. The summed E-state index contributed by atoms with van der Waals surface area (Å²) in [4.78, 5) is 15.3. The average Bonchev–Trinajstić information content (AvgIpc) is 3.58. The Hall–Kier alpha value is -6.12. The maximum Gasteiger partial charge on any atom is 0.164 e. The molecular formula is C48H36N4O. The summed E-state index contributed by atoms with van der Waals surface area (Å²) in [6.45, 7) is 0. The lowest BCUT2D eigenvalue weighted by atomic mass is 9.48. The molecule has 8 aromatic rings. The molecule has 0 amide bonds. The van der Waals surface area contributed by atoms with Crippen LogP contribution in [-0.2, 0) is 5.41 Å². The standard InChI is InChI=1S/C48H36N4O/c49-28-39-6-3-7-41-42-24-37(16-19-43(42)53-44(39)41)33-8-11-34(12-9-33)45-50-46(52-47(51-45)38-13-10-32-4-1-2-5-36(32)23-38)35-14-17-40(18-15-35)48-25-29-20-30(26-48)22-31(21-29)27-48/h1-19,23-24,29-31H,20-22,25-27H2/t29-,30-,31-,48?. The third-order valence-electron chi connectivity index (χ3n) is 12.5. The van der Waals surface area contributed by atoms with Crippen LogP contribution in [0.2, 0.25) is 0 Å². The summed E-state index contributed by atoms with van der Waals surface area (Å²) in [5, 5.41) is 13.9. The van der Waals surface area contributed by atoms with E-state index in [0.717, 1.165) is 67.3 Å². The summed E-state index contributed by atoms with van der Waals surface area (Å²) in [6, 6.07) is 46.7. The molecule has 2 heterocycles. The van der Waals surface area contributed by atoms with Crippen LogP contribution in [-0.4, -0.2) is 15.0 Å². The molecule has 254 valence electrons. The van der Waals surface area contributed by atoms with Crippen LogP contribution in [0.25, 0.3) is 78.0 Å². The summed E-state index contributed by atoms with van der Waals surface area (Å²) in [6.07, 6.45) is 8.40. The Morgan fingerprint density at radius 1 is 0.528 bits per heavy atom. The zero-order chi connectivity index (χ0) is 35.1. The van der Waals surface area contributed by atoms with Crippen molar-refractivity contribution >= 4 is 32.7 Å². The van der Waals surface area contributed by atoms with Crippen molar-refractivity contribution in [2.45, 2.75) is 43.9 Å². The Kier molecular flexibility index (Phi) is 6.73. The molecule has 5 heteroatoms. The van der Waals surface area contributed by atoms with E-state index in [4.69, 9.17) is 19.4 Å². The van der Waals surface area contributed by atoms with E-state index < -0.39 is 0 Å². The SMILES string of the molecule is N#Cc1cccc2c1oc1ccc(-c3ccc(-c4nc(-c5ccc(C67C[C@H]8C[C@H](C6)C[C@@H](C7)C8)cc5)nc(-c5ccc6ccccc6c5)n4)cc3)cc12. The van der Waals surface area contributed by atoms with Gasteiger partial charge in [0, 0.05) is 27.5 Å². The van der Waals surface area contributed by atoms with Crippen LogP contribution < -0.4 is 0 Å². The van der Waals surface area contributed by atoms with Crippen molar-refractivity contribution in [3.63, 3.8) is 0 Å². The van der Waals surface area contributed by atoms with Gasteiger partial charge in [-0.1, -0.05) is 103 Å². The van der Waals surface area contributed by atoms with Crippen molar-refractivity contribution in [1.29, 1.82) is 5.26 Å². The fourth-order valence-corrected chi connectivity index (χ4v) is 10.4. The number of benzene rings is 6.